The Kier molecular flexibility index (Phi) is 5.14. The van der Waals surface area contributed by atoms with Crippen LogP contribution in [0.1, 0.15) is 41.9 Å². The van der Waals surface area contributed by atoms with Crippen LogP contribution in [0.2, 0.25) is 0 Å². The van der Waals surface area contributed by atoms with E-state index in [0.29, 0.717) is 22.6 Å². The molecule has 1 aliphatic carbocycles. The summed E-state index contributed by atoms with van der Waals surface area (Å²) in [5.41, 5.74) is 9.69. The minimum absolute atomic E-state index is 0.113. The Balaban J connectivity index is 1.43. The zero-order valence-electron chi connectivity index (χ0n) is 17.1. The van der Waals surface area contributed by atoms with Gasteiger partial charge in [-0.1, -0.05) is 24.8 Å². The van der Waals surface area contributed by atoms with Gasteiger partial charge in [0.25, 0.3) is 5.91 Å². The molecule has 0 radical (unpaired) electrons. The Morgan fingerprint density at radius 3 is 3.00 bits per heavy atom. The van der Waals surface area contributed by atoms with Gasteiger partial charge in [0.2, 0.25) is 5.82 Å². The summed E-state index contributed by atoms with van der Waals surface area (Å²) in [6, 6.07) is 5.83. The Labute approximate surface area is 183 Å². The molecular weight excluding hydrogens is 408 g/mol. The minimum atomic E-state index is -0.226. The summed E-state index contributed by atoms with van der Waals surface area (Å²) in [5.74, 6) is 6.70. The quantitative estimate of drug-likeness (QED) is 0.473. The Morgan fingerprint density at radius 1 is 1.26 bits per heavy atom. The number of fused-ring (bicyclic) bond motifs is 2. The molecule has 8 heteroatoms. The first-order chi connectivity index (χ1) is 15.1. The molecule has 156 valence electrons. The summed E-state index contributed by atoms with van der Waals surface area (Å²) in [6.45, 7) is 0. The van der Waals surface area contributed by atoms with E-state index in [2.05, 4.69) is 32.1 Å². The van der Waals surface area contributed by atoms with Crippen molar-refractivity contribution in [2.75, 3.05) is 5.32 Å². The molecule has 1 amide bonds. The van der Waals surface area contributed by atoms with Crippen molar-refractivity contribution in [1.82, 2.24) is 19.5 Å². The largest absolute Gasteiger partial charge is 0.334 e. The van der Waals surface area contributed by atoms with E-state index in [1.807, 2.05) is 35.2 Å². The van der Waals surface area contributed by atoms with Gasteiger partial charge in [0.15, 0.2) is 0 Å². The third-order valence-corrected chi connectivity index (χ3v) is 6.66. The number of nitrogens with one attached hydrogen (secondary N) is 1. The fourth-order valence-corrected chi connectivity index (χ4v) is 4.84. The first kappa shape index (κ1) is 19.7. The minimum Gasteiger partial charge on any atom is -0.334 e. The second kappa shape index (κ2) is 8.10. The smallest absolute Gasteiger partial charge is 0.258 e. The zero-order chi connectivity index (χ0) is 21.4. The van der Waals surface area contributed by atoms with Crippen LogP contribution in [0.25, 0.3) is 21.3 Å². The van der Waals surface area contributed by atoms with Crippen molar-refractivity contribution in [2.24, 2.45) is 18.7 Å². The predicted molar refractivity (Wildman–Crippen MR) is 123 cm³/mol. The molecule has 1 aromatic carbocycles. The molecule has 3 heterocycles. The van der Waals surface area contributed by atoms with E-state index in [1.165, 1.54) is 17.8 Å². The Hall–Kier alpha value is -3.28. The highest BCUT2D eigenvalue weighted by Gasteiger charge is 2.20. The number of carbonyl (C=O) groups is 1. The van der Waals surface area contributed by atoms with Crippen molar-refractivity contribution in [3.8, 4) is 11.8 Å². The lowest BCUT2D eigenvalue weighted by molar-refractivity contribution is 0.102. The lowest BCUT2D eigenvalue weighted by Crippen LogP contribution is -2.32. The van der Waals surface area contributed by atoms with Gasteiger partial charge in [-0.3, -0.25) is 4.79 Å². The zero-order valence-corrected chi connectivity index (χ0v) is 17.9. The van der Waals surface area contributed by atoms with E-state index in [-0.39, 0.29) is 17.9 Å². The predicted octanol–water partition coefficient (Wildman–Crippen LogP) is 3.70. The van der Waals surface area contributed by atoms with Crippen LogP contribution in [-0.4, -0.2) is 31.5 Å². The number of imidazole rings is 1. The number of aromatic nitrogens is 4. The van der Waals surface area contributed by atoms with Crippen molar-refractivity contribution in [3.05, 3.63) is 47.5 Å². The van der Waals surface area contributed by atoms with Crippen molar-refractivity contribution >= 4 is 44.2 Å². The van der Waals surface area contributed by atoms with Gasteiger partial charge in [-0.25, -0.2) is 15.0 Å². The number of anilines is 1. The van der Waals surface area contributed by atoms with Gasteiger partial charge in [-0.05, 0) is 30.9 Å². The second-order valence-electron chi connectivity index (χ2n) is 7.86. The molecule has 31 heavy (non-hydrogen) atoms. The van der Waals surface area contributed by atoms with Gasteiger partial charge in [0.1, 0.15) is 5.52 Å². The van der Waals surface area contributed by atoms with E-state index in [4.69, 9.17) is 5.73 Å². The van der Waals surface area contributed by atoms with Crippen molar-refractivity contribution < 1.29 is 4.79 Å². The summed E-state index contributed by atoms with van der Waals surface area (Å²) >= 11 is 1.44. The van der Waals surface area contributed by atoms with E-state index in [0.717, 1.165) is 35.0 Å². The molecule has 1 fully saturated rings. The van der Waals surface area contributed by atoms with Gasteiger partial charge >= 0.3 is 0 Å². The lowest BCUT2D eigenvalue weighted by Gasteiger charge is -2.23. The normalized spacial score (nSPS) is 18.6. The summed E-state index contributed by atoms with van der Waals surface area (Å²) in [5, 5.41) is 4.79. The summed E-state index contributed by atoms with van der Waals surface area (Å²) in [4.78, 5) is 26.4. The van der Waals surface area contributed by atoms with Crippen molar-refractivity contribution in [1.29, 1.82) is 0 Å². The average molecular weight is 431 g/mol. The number of thiophene rings is 1. The molecule has 4 aromatic rings. The number of nitrogens with two attached hydrogens (primary N) is 1. The molecule has 3 aromatic heterocycles. The molecule has 1 saturated carbocycles. The van der Waals surface area contributed by atoms with Gasteiger partial charge in [0, 0.05) is 30.6 Å². The maximum absolute atomic E-state index is 13.0. The number of benzene rings is 1. The number of nitrogens with zero attached hydrogens (tertiary/aromatic N) is 4. The molecule has 7 nitrogen and oxygen atoms in total. The summed E-state index contributed by atoms with van der Waals surface area (Å²) in [7, 11) is 1.92. The summed E-state index contributed by atoms with van der Waals surface area (Å²) in [6.07, 6.45) is 7.82. The maximum Gasteiger partial charge on any atom is 0.258 e. The van der Waals surface area contributed by atoms with Gasteiger partial charge in [0.05, 0.1) is 33.3 Å². The fraction of sp³-hybridized carbons (Fsp3) is 0.304. The van der Waals surface area contributed by atoms with Crippen LogP contribution in [0.3, 0.4) is 0 Å². The molecule has 1 aliphatic rings. The highest BCUT2D eigenvalue weighted by atomic mass is 32.1. The monoisotopic (exact) mass is 430 g/mol. The SMILES string of the molecule is Cn1cnc2c(NC(=O)c3csc4cnc(C#C[C@H]5CCCC[C@H]5N)nc34)cccc21. The van der Waals surface area contributed by atoms with E-state index < -0.39 is 0 Å². The topological polar surface area (TPSA) is 98.7 Å². The van der Waals surface area contributed by atoms with Gasteiger partial charge in [-0.2, -0.15) is 0 Å². The van der Waals surface area contributed by atoms with Gasteiger partial charge < -0.3 is 15.6 Å². The van der Waals surface area contributed by atoms with Crippen LogP contribution < -0.4 is 11.1 Å². The molecule has 5 rings (SSSR count). The van der Waals surface area contributed by atoms with Crippen LogP contribution in [0.15, 0.2) is 36.1 Å². The highest BCUT2D eigenvalue weighted by molar-refractivity contribution is 7.17. The van der Waals surface area contributed by atoms with Crippen LogP contribution >= 0.6 is 11.3 Å². The number of hydrogen-bond donors (Lipinski definition) is 2. The molecule has 2 atom stereocenters. The lowest BCUT2D eigenvalue weighted by atomic mass is 9.85. The molecule has 0 spiro atoms. The third-order valence-electron chi connectivity index (χ3n) is 5.75. The number of amides is 1. The third kappa shape index (κ3) is 3.78. The number of aryl methyl sites for hydroxylation is 1. The van der Waals surface area contributed by atoms with Crippen molar-refractivity contribution in [3.63, 3.8) is 0 Å². The number of rotatable bonds is 2. The molecule has 0 bridgehead atoms. The number of para-hydroxylation sites is 1. The van der Waals surface area contributed by atoms with E-state index in [1.54, 1.807) is 12.5 Å². The van der Waals surface area contributed by atoms with Crippen LogP contribution in [0, 0.1) is 17.8 Å². The number of carbonyl (C=O) groups excluding carboxylic acids is 1. The standard InChI is InChI=1S/C23H22N6OS/c1-29-13-26-22-17(7-4-8-18(22)29)27-23(30)15-12-31-19-11-25-20(28-21(15)19)10-9-14-5-2-3-6-16(14)24/h4,7-8,11-14,16H,2-3,5-6,24H2,1H3,(H,27,30)/t14-,16-/m1/s1. The Bertz CT molecular complexity index is 1340. The molecule has 0 aliphatic heterocycles. The second-order valence-corrected chi connectivity index (χ2v) is 8.77. The Morgan fingerprint density at radius 2 is 2.13 bits per heavy atom. The molecular formula is C23H22N6OS. The summed E-state index contributed by atoms with van der Waals surface area (Å²) < 4.78 is 2.77. The van der Waals surface area contributed by atoms with E-state index in [9.17, 15) is 4.79 Å². The van der Waals surface area contributed by atoms with Crippen molar-refractivity contribution in [2.45, 2.75) is 31.7 Å². The number of hydrogen-bond acceptors (Lipinski definition) is 6. The molecule has 0 saturated heterocycles. The average Bonchev–Trinajstić information content (AvgIpc) is 3.37. The molecule has 0 unspecified atom stereocenters. The van der Waals surface area contributed by atoms with Gasteiger partial charge in [-0.15, -0.1) is 11.3 Å². The van der Waals surface area contributed by atoms with Crippen LogP contribution in [0.4, 0.5) is 5.69 Å². The maximum atomic E-state index is 13.0. The first-order valence-electron chi connectivity index (χ1n) is 10.3. The fourth-order valence-electron chi connectivity index (χ4n) is 3.99. The highest BCUT2D eigenvalue weighted by Crippen LogP contribution is 2.27. The van der Waals surface area contributed by atoms with Crippen LogP contribution in [-0.2, 0) is 7.05 Å². The van der Waals surface area contributed by atoms with E-state index >= 15 is 0 Å². The molecule has 3 N–H and O–H groups in total. The van der Waals surface area contributed by atoms with Crippen LogP contribution in [0.5, 0.6) is 0 Å². The first-order valence-corrected chi connectivity index (χ1v) is 11.2.